The van der Waals surface area contributed by atoms with Gasteiger partial charge in [-0.15, -0.1) is 9.79 Å². The second kappa shape index (κ2) is 7.09. The average Bonchev–Trinajstić information content (AvgIpc) is 2.44. The van der Waals surface area contributed by atoms with E-state index in [4.69, 9.17) is 14.4 Å². The fourth-order valence-electron chi connectivity index (χ4n) is 2.23. The van der Waals surface area contributed by atoms with E-state index in [0.29, 0.717) is 6.42 Å². The van der Waals surface area contributed by atoms with Crippen LogP contribution in [0.25, 0.3) is 11.1 Å². The molecule has 3 rings (SSSR count). The summed E-state index contributed by atoms with van der Waals surface area (Å²) in [5, 5.41) is 2.93. The van der Waals surface area contributed by atoms with E-state index in [1.165, 1.54) is 16.7 Å². The second-order valence-corrected chi connectivity index (χ2v) is 5.04. The molecule has 2 aromatic carbocycles. The van der Waals surface area contributed by atoms with Gasteiger partial charge in [-0.2, -0.15) is 0 Å². The molecule has 1 unspecified atom stereocenters. The predicted molar refractivity (Wildman–Crippen MR) is 79.4 cm³/mol. The van der Waals surface area contributed by atoms with E-state index in [0.717, 1.165) is 0 Å². The predicted octanol–water partition coefficient (Wildman–Crippen LogP) is 2.54. The van der Waals surface area contributed by atoms with Gasteiger partial charge in [0, 0.05) is 4.57 Å². The summed E-state index contributed by atoms with van der Waals surface area (Å²) < 4.78 is 8.70. The van der Waals surface area contributed by atoms with E-state index in [2.05, 4.69) is 29.6 Å². The normalized spacial score (nSPS) is 16.1. The zero-order valence-corrected chi connectivity index (χ0v) is 12.0. The number of rotatable bonds is 2. The van der Waals surface area contributed by atoms with E-state index < -0.39 is 8.25 Å². The lowest BCUT2D eigenvalue weighted by Crippen LogP contribution is -2.41. The smallest absolute Gasteiger partial charge is 0.349 e. The fourth-order valence-corrected chi connectivity index (χ4v) is 2.23. The third kappa shape index (κ3) is 4.20. The first-order chi connectivity index (χ1) is 10.1. The van der Waals surface area contributed by atoms with Gasteiger partial charge in [-0.25, -0.2) is 0 Å². The highest BCUT2D eigenvalue weighted by Crippen LogP contribution is 2.32. The Morgan fingerprint density at radius 2 is 1.52 bits per heavy atom. The van der Waals surface area contributed by atoms with Crippen molar-refractivity contribution in [3.05, 3.63) is 60.2 Å². The van der Waals surface area contributed by atoms with Gasteiger partial charge < -0.3 is 5.32 Å². The number of carbonyl (C=O) groups is 1. The van der Waals surface area contributed by atoms with Crippen LogP contribution < -0.4 is 5.32 Å². The first-order valence-electron chi connectivity index (χ1n) is 6.36. The molecule has 1 fully saturated rings. The molecule has 1 saturated heterocycles. The Morgan fingerprint density at radius 3 is 2.10 bits per heavy atom. The molecule has 5 nitrogen and oxygen atoms in total. The quantitative estimate of drug-likeness (QED) is 0.588. The third-order valence-corrected chi connectivity index (χ3v) is 3.15. The van der Waals surface area contributed by atoms with E-state index in [9.17, 15) is 4.79 Å². The van der Waals surface area contributed by atoms with Crippen LogP contribution in [-0.4, -0.2) is 15.7 Å². The van der Waals surface area contributed by atoms with Crippen molar-refractivity contribution in [2.45, 2.75) is 12.5 Å². The minimum atomic E-state index is -2.87. The second-order valence-electron chi connectivity index (χ2n) is 4.53. The van der Waals surface area contributed by atoms with Crippen LogP contribution in [0, 0.1) is 0 Å². The number of benzene rings is 2. The highest BCUT2D eigenvalue weighted by Gasteiger charge is 2.28. The van der Waals surface area contributed by atoms with Crippen molar-refractivity contribution in [3.8, 4) is 11.1 Å². The van der Waals surface area contributed by atoms with Crippen molar-refractivity contribution in [2.75, 3.05) is 0 Å². The van der Waals surface area contributed by atoms with Crippen molar-refractivity contribution in [3.63, 3.8) is 0 Å². The van der Waals surface area contributed by atoms with Gasteiger partial charge in [0.15, 0.2) is 0 Å². The number of hydrogen-bond donors (Lipinski definition) is 3. The van der Waals surface area contributed by atoms with Gasteiger partial charge in [0.25, 0.3) is 0 Å². The molecule has 1 aliphatic heterocycles. The largest absolute Gasteiger partial charge is 0.692 e. The lowest BCUT2D eigenvalue weighted by molar-refractivity contribution is -0.128. The molecular formula is C15H15NO4P+. The molecule has 1 atom stereocenters. The Labute approximate surface area is 123 Å². The summed E-state index contributed by atoms with van der Waals surface area (Å²) in [7, 11) is -2.87. The molecule has 1 amide bonds. The van der Waals surface area contributed by atoms with Crippen molar-refractivity contribution in [2.24, 2.45) is 0 Å². The molecule has 6 heteroatoms. The zero-order valence-electron chi connectivity index (χ0n) is 11.1. The Balaban J connectivity index is 0.000000361. The Hall–Kier alpha value is -2.07. The van der Waals surface area contributed by atoms with Crippen LogP contribution >= 0.6 is 8.25 Å². The van der Waals surface area contributed by atoms with Crippen LogP contribution in [0.15, 0.2) is 54.6 Å². The Kier molecular flexibility index (Phi) is 5.17. The number of amides is 1. The number of hydrogen-bond acceptors (Lipinski definition) is 2. The maximum Gasteiger partial charge on any atom is 0.692 e. The average molecular weight is 304 g/mol. The maximum atomic E-state index is 11.0. The first-order valence-corrected chi connectivity index (χ1v) is 7.53. The van der Waals surface area contributed by atoms with Crippen molar-refractivity contribution in [1.82, 2.24) is 5.32 Å². The van der Waals surface area contributed by atoms with Crippen molar-refractivity contribution < 1.29 is 19.1 Å². The van der Waals surface area contributed by atoms with Crippen LogP contribution in [0.5, 0.6) is 0 Å². The standard InChI is InChI=1S/C15H13NO.HO3P/c17-15-10-14(16-15)13-9-5-4-8-12(13)11-6-2-1-3-7-11;1-4(2)3/h1-9,14H,10H2,(H,16,17);(H-,1,2,3)/p+1. The lowest BCUT2D eigenvalue weighted by atomic mass is 9.90. The number of β-lactam (4-membered cyclic amide) rings is 1. The monoisotopic (exact) mass is 304 g/mol. The van der Waals surface area contributed by atoms with Crippen LogP contribution in [0.1, 0.15) is 18.0 Å². The molecule has 0 radical (unpaired) electrons. The van der Waals surface area contributed by atoms with Crippen LogP contribution in [0.4, 0.5) is 0 Å². The molecule has 3 N–H and O–H groups in total. The van der Waals surface area contributed by atoms with Gasteiger partial charge in [0.05, 0.1) is 12.5 Å². The maximum absolute atomic E-state index is 11.0. The van der Waals surface area contributed by atoms with E-state index in [1.54, 1.807) is 0 Å². The molecule has 0 aliphatic carbocycles. The summed E-state index contributed by atoms with van der Waals surface area (Å²) in [6, 6.07) is 18.7. The Bertz CT molecular complexity index is 633. The van der Waals surface area contributed by atoms with Gasteiger partial charge in [-0.05, 0) is 16.7 Å². The molecular weight excluding hydrogens is 289 g/mol. The Morgan fingerprint density at radius 1 is 1.00 bits per heavy atom. The van der Waals surface area contributed by atoms with Crippen LogP contribution in [0.2, 0.25) is 0 Å². The molecule has 108 valence electrons. The summed E-state index contributed by atoms with van der Waals surface area (Å²) in [6.07, 6.45) is 0.601. The summed E-state index contributed by atoms with van der Waals surface area (Å²) in [6.45, 7) is 0. The van der Waals surface area contributed by atoms with E-state index >= 15 is 0 Å². The van der Waals surface area contributed by atoms with Gasteiger partial charge in [0.2, 0.25) is 5.91 Å². The van der Waals surface area contributed by atoms with Gasteiger partial charge in [-0.1, -0.05) is 54.6 Å². The van der Waals surface area contributed by atoms with E-state index in [1.807, 2.05) is 30.3 Å². The van der Waals surface area contributed by atoms with Gasteiger partial charge >= 0.3 is 8.25 Å². The first kappa shape index (κ1) is 15.3. The zero-order chi connectivity index (χ0) is 15.2. The minimum Gasteiger partial charge on any atom is -0.349 e. The summed E-state index contributed by atoms with van der Waals surface area (Å²) >= 11 is 0. The van der Waals surface area contributed by atoms with E-state index in [-0.39, 0.29) is 11.9 Å². The molecule has 1 heterocycles. The summed E-state index contributed by atoms with van der Waals surface area (Å²) in [5.41, 5.74) is 3.61. The van der Waals surface area contributed by atoms with Crippen molar-refractivity contribution >= 4 is 14.2 Å². The molecule has 21 heavy (non-hydrogen) atoms. The SMILES string of the molecule is O=C1CC(c2ccccc2-c2ccccc2)N1.O=[P+](O)O. The highest BCUT2D eigenvalue weighted by atomic mass is 31.1. The molecule has 0 bridgehead atoms. The lowest BCUT2D eigenvalue weighted by Gasteiger charge is -2.29. The number of carbonyl (C=O) groups excluding carboxylic acids is 1. The molecule has 0 spiro atoms. The van der Waals surface area contributed by atoms with Crippen LogP contribution in [-0.2, 0) is 9.36 Å². The van der Waals surface area contributed by atoms with Gasteiger partial charge in [0.1, 0.15) is 0 Å². The fraction of sp³-hybridized carbons (Fsp3) is 0.133. The topological polar surface area (TPSA) is 86.6 Å². The number of nitrogens with one attached hydrogen (secondary N) is 1. The van der Waals surface area contributed by atoms with Crippen LogP contribution in [0.3, 0.4) is 0 Å². The molecule has 1 aliphatic rings. The molecule has 0 aromatic heterocycles. The highest BCUT2D eigenvalue weighted by molar-refractivity contribution is 7.30. The summed E-state index contributed by atoms with van der Waals surface area (Å²) in [4.78, 5) is 25.3. The third-order valence-electron chi connectivity index (χ3n) is 3.15. The molecule has 0 saturated carbocycles. The van der Waals surface area contributed by atoms with Gasteiger partial charge in [-0.3, -0.25) is 4.79 Å². The van der Waals surface area contributed by atoms with Crippen molar-refractivity contribution in [1.29, 1.82) is 0 Å². The molecule has 2 aromatic rings. The minimum absolute atomic E-state index is 0.137. The summed E-state index contributed by atoms with van der Waals surface area (Å²) in [5.74, 6) is 0.137.